The van der Waals surface area contributed by atoms with Crippen LogP contribution in [0.25, 0.3) is 11.4 Å². The molecule has 6 heteroatoms. The van der Waals surface area contributed by atoms with E-state index in [1.807, 2.05) is 42.5 Å². The topological polar surface area (TPSA) is 64.2 Å². The van der Waals surface area contributed by atoms with E-state index in [1.165, 1.54) is 0 Å². The van der Waals surface area contributed by atoms with Crippen molar-refractivity contribution in [1.82, 2.24) is 9.97 Å². The SMILES string of the molecule is COc1cc(Br)cc2c1Oc1nc(-c3ccccc3)[nH]c(=O)c1C2. The largest absolute Gasteiger partial charge is 0.493 e. The number of methoxy groups -OCH3 is 1. The monoisotopic (exact) mass is 384 g/mol. The number of H-pyrrole nitrogens is 1. The molecule has 0 amide bonds. The minimum Gasteiger partial charge on any atom is -0.493 e. The van der Waals surface area contributed by atoms with E-state index in [0.29, 0.717) is 35.2 Å². The number of nitrogens with zero attached hydrogens (tertiary/aromatic N) is 1. The van der Waals surface area contributed by atoms with Crippen LogP contribution >= 0.6 is 15.9 Å². The fraction of sp³-hybridized carbons (Fsp3) is 0.111. The lowest BCUT2D eigenvalue weighted by Crippen LogP contribution is -2.20. The number of hydrogen-bond donors (Lipinski definition) is 1. The predicted molar refractivity (Wildman–Crippen MR) is 93.9 cm³/mol. The number of halogens is 1. The summed E-state index contributed by atoms with van der Waals surface area (Å²) in [5.74, 6) is 2.02. The highest BCUT2D eigenvalue weighted by molar-refractivity contribution is 9.10. The van der Waals surface area contributed by atoms with Crippen LogP contribution in [0.3, 0.4) is 0 Å². The first-order valence-corrected chi connectivity index (χ1v) is 8.18. The Morgan fingerprint density at radius 2 is 2.04 bits per heavy atom. The maximum absolute atomic E-state index is 12.5. The van der Waals surface area contributed by atoms with Gasteiger partial charge in [0.05, 0.1) is 12.7 Å². The van der Waals surface area contributed by atoms with Crippen LogP contribution in [-0.2, 0) is 6.42 Å². The Morgan fingerprint density at radius 3 is 2.79 bits per heavy atom. The van der Waals surface area contributed by atoms with E-state index in [9.17, 15) is 4.79 Å². The van der Waals surface area contributed by atoms with Gasteiger partial charge in [-0.25, -0.2) is 0 Å². The lowest BCUT2D eigenvalue weighted by Gasteiger charge is -2.21. The van der Waals surface area contributed by atoms with Crippen LogP contribution < -0.4 is 15.0 Å². The highest BCUT2D eigenvalue weighted by atomic mass is 79.9. The number of fused-ring (bicyclic) bond motifs is 2. The van der Waals surface area contributed by atoms with Crippen molar-refractivity contribution in [2.45, 2.75) is 6.42 Å². The average molecular weight is 385 g/mol. The molecule has 120 valence electrons. The van der Waals surface area contributed by atoms with Gasteiger partial charge in [0, 0.05) is 22.0 Å². The smallest absolute Gasteiger partial charge is 0.258 e. The maximum atomic E-state index is 12.5. The van der Waals surface area contributed by atoms with E-state index in [1.54, 1.807) is 7.11 Å². The number of aromatic nitrogens is 2. The van der Waals surface area contributed by atoms with Crippen LogP contribution in [-0.4, -0.2) is 17.1 Å². The Labute approximate surface area is 146 Å². The molecule has 5 nitrogen and oxygen atoms in total. The first-order valence-electron chi connectivity index (χ1n) is 7.38. The molecular weight excluding hydrogens is 372 g/mol. The van der Waals surface area contributed by atoms with E-state index in [4.69, 9.17) is 9.47 Å². The summed E-state index contributed by atoms with van der Waals surface area (Å²) in [4.78, 5) is 19.8. The van der Waals surface area contributed by atoms with Gasteiger partial charge in [0.25, 0.3) is 5.56 Å². The summed E-state index contributed by atoms with van der Waals surface area (Å²) in [7, 11) is 1.58. The molecule has 0 unspecified atom stereocenters. The lowest BCUT2D eigenvalue weighted by atomic mass is 10.0. The van der Waals surface area contributed by atoms with Gasteiger partial charge in [0.1, 0.15) is 5.82 Å². The highest BCUT2D eigenvalue weighted by Crippen LogP contribution is 2.42. The van der Waals surface area contributed by atoms with Crippen LogP contribution in [0.4, 0.5) is 0 Å². The first kappa shape index (κ1) is 15.0. The zero-order valence-electron chi connectivity index (χ0n) is 12.8. The van der Waals surface area contributed by atoms with Crippen LogP contribution in [0.1, 0.15) is 11.1 Å². The molecule has 0 saturated carbocycles. The Morgan fingerprint density at radius 1 is 1.25 bits per heavy atom. The quantitative estimate of drug-likeness (QED) is 0.569. The van der Waals surface area contributed by atoms with Gasteiger partial charge in [0.15, 0.2) is 11.5 Å². The number of rotatable bonds is 2. The number of ether oxygens (including phenoxy) is 2. The molecule has 0 spiro atoms. The molecule has 0 aliphatic carbocycles. The molecule has 0 radical (unpaired) electrons. The summed E-state index contributed by atoms with van der Waals surface area (Å²) in [6.45, 7) is 0. The van der Waals surface area contributed by atoms with Gasteiger partial charge in [-0.05, 0) is 12.1 Å². The molecule has 24 heavy (non-hydrogen) atoms. The van der Waals surface area contributed by atoms with E-state index in [2.05, 4.69) is 25.9 Å². The molecule has 3 aromatic rings. The molecule has 0 fully saturated rings. The Bertz CT molecular complexity index is 984. The summed E-state index contributed by atoms with van der Waals surface area (Å²) >= 11 is 3.45. The van der Waals surface area contributed by atoms with E-state index < -0.39 is 0 Å². The third kappa shape index (κ3) is 2.49. The minimum atomic E-state index is -0.191. The summed E-state index contributed by atoms with van der Waals surface area (Å²) in [5, 5.41) is 0. The molecule has 1 aliphatic rings. The zero-order valence-corrected chi connectivity index (χ0v) is 14.4. The molecule has 0 bridgehead atoms. The molecule has 0 atom stereocenters. The second-order valence-electron chi connectivity index (χ2n) is 5.44. The number of benzene rings is 2. The van der Waals surface area contributed by atoms with Gasteiger partial charge >= 0.3 is 0 Å². The van der Waals surface area contributed by atoms with Crippen molar-refractivity contribution in [3.63, 3.8) is 0 Å². The highest BCUT2D eigenvalue weighted by Gasteiger charge is 2.25. The normalized spacial score (nSPS) is 12.1. The van der Waals surface area contributed by atoms with Gasteiger partial charge < -0.3 is 14.5 Å². The van der Waals surface area contributed by atoms with Gasteiger partial charge in [-0.15, -0.1) is 0 Å². The minimum absolute atomic E-state index is 0.191. The zero-order chi connectivity index (χ0) is 16.7. The second-order valence-corrected chi connectivity index (χ2v) is 6.36. The third-order valence-corrected chi connectivity index (χ3v) is 4.37. The van der Waals surface area contributed by atoms with Crippen molar-refractivity contribution < 1.29 is 9.47 Å². The number of aromatic amines is 1. The lowest BCUT2D eigenvalue weighted by molar-refractivity contribution is 0.364. The molecule has 2 aromatic carbocycles. The maximum Gasteiger partial charge on any atom is 0.258 e. The molecule has 1 N–H and O–H groups in total. The van der Waals surface area contributed by atoms with E-state index in [0.717, 1.165) is 15.6 Å². The summed E-state index contributed by atoms with van der Waals surface area (Å²) in [6.07, 6.45) is 0.442. The Hall–Kier alpha value is -2.60. The van der Waals surface area contributed by atoms with Crippen molar-refractivity contribution in [3.05, 3.63) is 68.4 Å². The fourth-order valence-corrected chi connectivity index (χ4v) is 3.24. The number of hydrogen-bond acceptors (Lipinski definition) is 4. The van der Waals surface area contributed by atoms with Gasteiger partial charge in [0.2, 0.25) is 5.88 Å². The number of nitrogens with one attached hydrogen (secondary N) is 1. The van der Waals surface area contributed by atoms with E-state index in [-0.39, 0.29) is 5.56 Å². The van der Waals surface area contributed by atoms with Crippen LogP contribution in [0.2, 0.25) is 0 Å². The Kier molecular flexibility index (Phi) is 3.61. The second kappa shape index (κ2) is 5.79. The van der Waals surface area contributed by atoms with Crippen molar-refractivity contribution in [2.75, 3.05) is 7.11 Å². The molecule has 1 aliphatic heterocycles. The van der Waals surface area contributed by atoms with Crippen molar-refractivity contribution in [3.8, 4) is 28.8 Å². The third-order valence-electron chi connectivity index (χ3n) is 3.91. The van der Waals surface area contributed by atoms with Gasteiger partial charge in [-0.2, -0.15) is 4.98 Å². The van der Waals surface area contributed by atoms with Crippen molar-refractivity contribution in [2.24, 2.45) is 0 Å². The molecule has 0 saturated heterocycles. The molecule has 1 aromatic heterocycles. The molecular formula is C18H13BrN2O3. The molecule has 2 heterocycles. The Balaban J connectivity index is 1.85. The first-order chi connectivity index (χ1) is 11.7. The van der Waals surface area contributed by atoms with E-state index >= 15 is 0 Å². The summed E-state index contributed by atoms with van der Waals surface area (Å²) in [6, 6.07) is 13.2. The molecule has 4 rings (SSSR count). The van der Waals surface area contributed by atoms with Crippen molar-refractivity contribution in [1.29, 1.82) is 0 Å². The standard InChI is InChI=1S/C18H13BrN2O3/c1-23-14-9-12(19)7-11-8-13-17(22)20-16(10-5-3-2-4-6-10)21-18(13)24-15(11)14/h2-7,9H,8H2,1H3,(H,20,21,22). The van der Waals surface area contributed by atoms with Gasteiger partial charge in [-0.3, -0.25) is 4.79 Å². The summed E-state index contributed by atoms with van der Waals surface area (Å²) < 4.78 is 12.2. The van der Waals surface area contributed by atoms with Gasteiger partial charge in [-0.1, -0.05) is 46.3 Å². The van der Waals surface area contributed by atoms with Crippen molar-refractivity contribution >= 4 is 15.9 Å². The van der Waals surface area contributed by atoms with Crippen LogP contribution in [0, 0.1) is 0 Å². The van der Waals surface area contributed by atoms with Crippen LogP contribution in [0.15, 0.2) is 51.7 Å². The summed E-state index contributed by atoms with van der Waals surface area (Å²) in [5.41, 5.74) is 2.04. The predicted octanol–water partition coefficient (Wildman–Crippen LogP) is 3.90. The van der Waals surface area contributed by atoms with Crippen LogP contribution in [0.5, 0.6) is 17.4 Å². The fourth-order valence-electron chi connectivity index (χ4n) is 2.76. The average Bonchev–Trinajstić information content (AvgIpc) is 2.60.